The smallest absolute Gasteiger partial charge is 0.0698 e. The van der Waals surface area contributed by atoms with Crippen LogP contribution in [-0.2, 0) is 4.74 Å². The lowest BCUT2D eigenvalue weighted by Gasteiger charge is -2.14. The van der Waals surface area contributed by atoms with Gasteiger partial charge in [-0.25, -0.2) is 4.68 Å². The van der Waals surface area contributed by atoms with Crippen molar-refractivity contribution in [1.29, 1.82) is 0 Å². The van der Waals surface area contributed by atoms with Gasteiger partial charge in [-0.15, -0.1) is 5.10 Å². The van der Waals surface area contributed by atoms with E-state index in [1.54, 1.807) is 10.9 Å². The Bertz CT molecular complexity index is 484. The van der Waals surface area contributed by atoms with Crippen molar-refractivity contribution in [1.82, 2.24) is 20.3 Å². The molecule has 1 aromatic carbocycles. The Morgan fingerprint density at radius 3 is 2.75 bits per heavy atom. The Hall–Kier alpha value is -1.76. The van der Waals surface area contributed by atoms with Gasteiger partial charge >= 0.3 is 0 Å². The molecule has 0 amide bonds. The first-order chi connectivity index (χ1) is 9.81. The van der Waals surface area contributed by atoms with Crippen LogP contribution in [0.15, 0.2) is 36.7 Å². The van der Waals surface area contributed by atoms with Gasteiger partial charge in [0.05, 0.1) is 37.9 Å². The zero-order valence-corrected chi connectivity index (χ0v) is 11.6. The fourth-order valence-electron chi connectivity index (χ4n) is 1.89. The molecule has 6 nitrogen and oxygen atoms in total. The minimum atomic E-state index is 0.0688. The van der Waals surface area contributed by atoms with Gasteiger partial charge in [0.25, 0.3) is 0 Å². The van der Waals surface area contributed by atoms with Gasteiger partial charge in [0, 0.05) is 12.6 Å². The van der Waals surface area contributed by atoms with Crippen LogP contribution in [0.5, 0.6) is 0 Å². The SMILES string of the molecule is CC(NCCOCCO)c1ccc(-n2ccnn2)cc1. The average molecular weight is 276 g/mol. The summed E-state index contributed by atoms with van der Waals surface area (Å²) in [6.45, 7) is 3.92. The number of benzene rings is 1. The highest BCUT2D eigenvalue weighted by atomic mass is 16.5. The van der Waals surface area contributed by atoms with Gasteiger partial charge in [0.1, 0.15) is 0 Å². The van der Waals surface area contributed by atoms with E-state index in [1.807, 2.05) is 18.3 Å². The molecule has 2 N–H and O–H groups in total. The minimum absolute atomic E-state index is 0.0688. The molecule has 1 atom stereocenters. The van der Waals surface area contributed by atoms with Crippen molar-refractivity contribution in [2.24, 2.45) is 0 Å². The number of hydrogen-bond donors (Lipinski definition) is 2. The minimum Gasteiger partial charge on any atom is -0.394 e. The normalized spacial score (nSPS) is 12.5. The third kappa shape index (κ3) is 4.12. The average Bonchev–Trinajstić information content (AvgIpc) is 3.01. The second-order valence-corrected chi connectivity index (χ2v) is 4.45. The van der Waals surface area contributed by atoms with Crippen LogP contribution in [0.2, 0.25) is 0 Å². The molecule has 2 rings (SSSR count). The lowest BCUT2D eigenvalue weighted by Crippen LogP contribution is -2.23. The van der Waals surface area contributed by atoms with Crippen LogP contribution in [0, 0.1) is 0 Å². The maximum atomic E-state index is 8.60. The molecule has 0 radical (unpaired) electrons. The highest BCUT2D eigenvalue weighted by Crippen LogP contribution is 2.14. The van der Waals surface area contributed by atoms with Crippen molar-refractivity contribution >= 4 is 0 Å². The Balaban J connectivity index is 1.83. The number of hydrogen-bond acceptors (Lipinski definition) is 5. The first kappa shape index (κ1) is 14.6. The number of ether oxygens (including phenoxy) is 1. The van der Waals surface area contributed by atoms with Gasteiger partial charge in [-0.1, -0.05) is 17.3 Å². The number of aromatic nitrogens is 3. The van der Waals surface area contributed by atoms with Crippen molar-refractivity contribution in [3.8, 4) is 5.69 Å². The molecule has 2 aromatic rings. The molecule has 0 fully saturated rings. The van der Waals surface area contributed by atoms with Crippen LogP contribution in [0.4, 0.5) is 0 Å². The molecule has 6 heteroatoms. The summed E-state index contributed by atoms with van der Waals surface area (Å²) in [7, 11) is 0. The van der Waals surface area contributed by atoms with Crippen molar-refractivity contribution in [3.63, 3.8) is 0 Å². The lowest BCUT2D eigenvalue weighted by molar-refractivity contribution is 0.0928. The summed E-state index contributed by atoms with van der Waals surface area (Å²) >= 11 is 0. The topological polar surface area (TPSA) is 72.2 Å². The zero-order chi connectivity index (χ0) is 14.2. The van der Waals surface area contributed by atoms with E-state index >= 15 is 0 Å². The Morgan fingerprint density at radius 1 is 1.30 bits per heavy atom. The molecule has 0 aliphatic carbocycles. The number of aliphatic hydroxyl groups excluding tert-OH is 1. The van der Waals surface area contributed by atoms with Crippen LogP contribution in [-0.4, -0.2) is 46.5 Å². The van der Waals surface area contributed by atoms with Crippen molar-refractivity contribution in [2.75, 3.05) is 26.4 Å². The Labute approximate surface area is 118 Å². The van der Waals surface area contributed by atoms with Gasteiger partial charge in [-0.2, -0.15) is 0 Å². The molecule has 0 spiro atoms. The maximum Gasteiger partial charge on any atom is 0.0698 e. The molecule has 0 bridgehead atoms. The van der Waals surface area contributed by atoms with Crippen LogP contribution in [0.25, 0.3) is 5.69 Å². The summed E-state index contributed by atoms with van der Waals surface area (Å²) in [5.74, 6) is 0. The van der Waals surface area contributed by atoms with E-state index < -0.39 is 0 Å². The van der Waals surface area contributed by atoms with E-state index in [-0.39, 0.29) is 12.6 Å². The summed E-state index contributed by atoms with van der Waals surface area (Å²) in [5.41, 5.74) is 2.20. The monoisotopic (exact) mass is 276 g/mol. The summed E-state index contributed by atoms with van der Waals surface area (Å²) in [6.07, 6.45) is 3.47. The largest absolute Gasteiger partial charge is 0.394 e. The maximum absolute atomic E-state index is 8.60. The van der Waals surface area contributed by atoms with Gasteiger partial charge in [0.15, 0.2) is 0 Å². The molecule has 1 heterocycles. The summed E-state index contributed by atoms with van der Waals surface area (Å²) in [6, 6.07) is 8.43. The summed E-state index contributed by atoms with van der Waals surface area (Å²) in [4.78, 5) is 0. The van der Waals surface area contributed by atoms with E-state index in [9.17, 15) is 0 Å². The molecule has 0 aliphatic rings. The van der Waals surface area contributed by atoms with Crippen molar-refractivity contribution in [2.45, 2.75) is 13.0 Å². The van der Waals surface area contributed by atoms with E-state index in [0.29, 0.717) is 13.2 Å². The highest BCUT2D eigenvalue weighted by molar-refractivity contribution is 5.34. The van der Waals surface area contributed by atoms with E-state index in [0.717, 1.165) is 12.2 Å². The third-order valence-corrected chi connectivity index (χ3v) is 3.01. The van der Waals surface area contributed by atoms with Gasteiger partial charge in [-0.05, 0) is 24.6 Å². The fraction of sp³-hybridized carbons (Fsp3) is 0.429. The van der Waals surface area contributed by atoms with E-state index in [1.165, 1.54) is 5.56 Å². The number of nitrogens with one attached hydrogen (secondary N) is 1. The summed E-state index contributed by atoms with van der Waals surface area (Å²) < 4.78 is 6.93. The molecular weight excluding hydrogens is 256 g/mol. The fourth-order valence-corrected chi connectivity index (χ4v) is 1.89. The standard InChI is InChI=1S/C14H20N4O2/c1-12(15-7-10-20-11-9-19)13-2-4-14(5-3-13)18-8-6-16-17-18/h2-6,8,12,15,19H,7,9-11H2,1H3. The van der Waals surface area contributed by atoms with Crippen LogP contribution < -0.4 is 5.32 Å². The molecule has 0 saturated carbocycles. The van der Waals surface area contributed by atoms with Crippen LogP contribution >= 0.6 is 0 Å². The van der Waals surface area contributed by atoms with Crippen LogP contribution in [0.3, 0.4) is 0 Å². The molecule has 1 aromatic heterocycles. The second-order valence-electron chi connectivity index (χ2n) is 4.45. The predicted molar refractivity (Wildman–Crippen MR) is 75.7 cm³/mol. The van der Waals surface area contributed by atoms with Gasteiger partial charge in [0.2, 0.25) is 0 Å². The second kappa shape index (κ2) is 7.74. The molecule has 0 aliphatic heterocycles. The molecule has 20 heavy (non-hydrogen) atoms. The van der Waals surface area contributed by atoms with Gasteiger partial charge < -0.3 is 15.2 Å². The Kier molecular flexibility index (Phi) is 5.67. The number of aliphatic hydroxyl groups is 1. The quantitative estimate of drug-likeness (QED) is 0.702. The zero-order valence-electron chi connectivity index (χ0n) is 11.6. The predicted octanol–water partition coefficient (Wildman–Crippen LogP) is 0.927. The summed E-state index contributed by atoms with van der Waals surface area (Å²) in [5, 5.41) is 19.7. The highest BCUT2D eigenvalue weighted by Gasteiger charge is 2.05. The van der Waals surface area contributed by atoms with Crippen LogP contribution in [0.1, 0.15) is 18.5 Å². The first-order valence-corrected chi connectivity index (χ1v) is 6.70. The van der Waals surface area contributed by atoms with Crippen molar-refractivity contribution in [3.05, 3.63) is 42.2 Å². The molecule has 1 unspecified atom stereocenters. The lowest BCUT2D eigenvalue weighted by atomic mass is 10.1. The first-order valence-electron chi connectivity index (χ1n) is 6.70. The number of rotatable bonds is 8. The Morgan fingerprint density at radius 2 is 2.10 bits per heavy atom. The van der Waals surface area contributed by atoms with E-state index in [4.69, 9.17) is 9.84 Å². The van der Waals surface area contributed by atoms with E-state index in [2.05, 4.69) is 34.7 Å². The molecule has 0 saturated heterocycles. The number of nitrogens with zero attached hydrogens (tertiary/aromatic N) is 3. The molecule has 108 valence electrons. The van der Waals surface area contributed by atoms with Gasteiger partial charge in [-0.3, -0.25) is 0 Å². The molecular formula is C14H20N4O2. The third-order valence-electron chi connectivity index (χ3n) is 3.01. The van der Waals surface area contributed by atoms with Crippen molar-refractivity contribution < 1.29 is 9.84 Å².